The molecule has 0 saturated carbocycles. The predicted molar refractivity (Wildman–Crippen MR) is 60.2 cm³/mol. The third kappa shape index (κ3) is 3.64. The average molecular weight is 222 g/mol. The lowest BCUT2D eigenvalue weighted by Crippen LogP contribution is -2.35. The average Bonchev–Trinajstić information content (AvgIpc) is 2.35. The quantitative estimate of drug-likeness (QED) is 0.707. The molecule has 0 saturated heterocycles. The van der Waals surface area contributed by atoms with Gasteiger partial charge in [0.15, 0.2) is 0 Å². The highest BCUT2D eigenvalue weighted by Gasteiger charge is 2.17. The second kappa shape index (κ2) is 6.25. The molecule has 1 unspecified atom stereocenters. The van der Waals surface area contributed by atoms with Crippen molar-refractivity contribution in [2.24, 2.45) is 0 Å². The zero-order valence-electron chi connectivity index (χ0n) is 9.55. The van der Waals surface area contributed by atoms with Gasteiger partial charge in [-0.2, -0.15) is 0 Å². The molecule has 1 aromatic carbocycles. The smallest absolute Gasteiger partial charge is 0.274 e. The first-order valence-electron chi connectivity index (χ1n) is 4.95. The van der Waals surface area contributed by atoms with Crippen molar-refractivity contribution in [2.75, 3.05) is 14.2 Å². The Morgan fingerprint density at radius 1 is 1.44 bits per heavy atom. The van der Waals surface area contributed by atoms with Crippen LogP contribution in [0.5, 0.6) is 0 Å². The predicted octanol–water partition coefficient (Wildman–Crippen LogP) is 1.43. The van der Waals surface area contributed by atoms with Gasteiger partial charge < -0.3 is 4.74 Å². The maximum Gasteiger partial charge on any atom is 0.274 e. The normalized spacial score (nSPS) is 12.2. The third-order valence-corrected chi connectivity index (χ3v) is 2.15. The summed E-state index contributed by atoms with van der Waals surface area (Å²) in [6.07, 6.45) is -0.759. The molecule has 4 heteroatoms. The van der Waals surface area contributed by atoms with Crippen LogP contribution in [0.3, 0.4) is 0 Å². The molecule has 4 nitrogen and oxygen atoms in total. The molecule has 0 heterocycles. The highest BCUT2D eigenvalue weighted by molar-refractivity contribution is 5.80. The van der Waals surface area contributed by atoms with E-state index in [9.17, 15) is 4.79 Å². The third-order valence-electron chi connectivity index (χ3n) is 2.15. The fourth-order valence-corrected chi connectivity index (χ4v) is 1.14. The summed E-state index contributed by atoms with van der Waals surface area (Å²) in [5, 5.41) is 1.10. The SMILES string of the molecule is [CH2]C(OCc1ccccc1)C(=O)N(C)OC. The summed E-state index contributed by atoms with van der Waals surface area (Å²) >= 11 is 0. The van der Waals surface area contributed by atoms with Crippen LogP contribution in [0.1, 0.15) is 5.56 Å². The fourth-order valence-electron chi connectivity index (χ4n) is 1.14. The summed E-state index contributed by atoms with van der Waals surface area (Å²) in [5.41, 5.74) is 1.00. The highest BCUT2D eigenvalue weighted by Crippen LogP contribution is 2.04. The molecule has 0 bridgehead atoms. The monoisotopic (exact) mass is 222 g/mol. The second-order valence-corrected chi connectivity index (χ2v) is 3.30. The van der Waals surface area contributed by atoms with Gasteiger partial charge in [0.1, 0.15) is 6.10 Å². The molecule has 1 atom stereocenters. The maximum absolute atomic E-state index is 11.5. The molecule has 0 aliphatic rings. The molecule has 16 heavy (non-hydrogen) atoms. The van der Waals surface area contributed by atoms with E-state index in [1.54, 1.807) is 0 Å². The number of ether oxygens (including phenoxy) is 1. The summed E-state index contributed by atoms with van der Waals surface area (Å²) in [6, 6.07) is 9.61. The van der Waals surface area contributed by atoms with Crippen molar-refractivity contribution >= 4 is 5.91 Å². The van der Waals surface area contributed by atoms with Crippen LogP contribution in [0.15, 0.2) is 30.3 Å². The number of nitrogens with zero attached hydrogens (tertiary/aromatic N) is 1. The van der Waals surface area contributed by atoms with Gasteiger partial charge in [0, 0.05) is 7.05 Å². The Morgan fingerprint density at radius 2 is 2.06 bits per heavy atom. The molecular weight excluding hydrogens is 206 g/mol. The highest BCUT2D eigenvalue weighted by atomic mass is 16.7. The van der Waals surface area contributed by atoms with E-state index >= 15 is 0 Å². The van der Waals surface area contributed by atoms with Gasteiger partial charge in [0.2, 0.25) is 0 Å². The van der Waals surface area contributed by atoms with E-state index < -0.39 is 6.10 Å². The Hall–Kier alpha value is -1.39. The van der Waals surface area contributed by atoms with Gasteiger partial charge in [-0.15, -0.1) is 0 Å². The molecule has 1 amide bonds. The summed E-state index contributed by atoms with van der Waals surface area (Å²) < 4.78 is 5.33. The first-order chi connectivity index (χ1) is 7.65. The topological polar surface area (TPSA) is 38.8 Å². The Bertz CT molecular complexity index is 326. The summed E-state index contributed by atoms with van der Waals surface area (Å²) in [5.74, 6) is -0.307. The standard InChI is InChI=1S/C12H16NO3/c1-10(12(14)13(2)15-3)16-9-11-7-5-4-6-8-11/h4-8,10H,1,9H2,2-3H3. The van der Waals surface area contributed by atoms with Crippen LogP contribution >= 0.6 is 0 Å². The zero-order chi connectivity index (χ0) is 12.0. The largest absolute Gasteiger partial charge is 0.364 e. The number of carbonyl (C=O) groups is 1. The van der Waals surface area contributed by atoms with E-state index in [2.05, 4.69) is 6.92 Å². The number of amides is 1. The molecule has 1 radical (unpaired) electrons. The van der Waals surface area contributed by atoms with Gasteiger partial charge in [-0.1, -0.05) is 30.3 Å². The van der Waals surface area contributed by atoms with Crippen molar-refractivity contribution in [2.45, 2.75) is 12.7 Å². The lowest BCUT2D eigenvalue weighted by molar-refractivity contribution is -0.178. The van der Waals surface area contributed by atoms with Crippen LogP contribution in [-0.2, 0) is 21.0 Å². The molecule has 0 spiro atoms. The number of benzene rings is 1. The Balaban J connectivity index is 2.41. The van der Waals surface area contributed by atoms with Gasteiger partial charge in [0.25, 0.3) is 5.91 Å². The molecule has 0 aliphatic heterocycles. The van der Waals surface area contributed by atoms with E-state index in [0.717, 1.165) is 10.6 Å². The van der Waals surface area contributed by atoms with E-state index in [0.29, 0.717) is 6.61 Å². The Morgan fingerprint density at radius 3 is 2.62 bits per heavy atom. The molecule has 0 fully saturated rings. The number of hydrogen-bond acceptors (Lipinski definition) is 3. The maximum atomic E-state index is 11.5. The van der Waals surface area contributed by atoms with Gasteiger partial charge in [-0.3, -0.25) is 9.63 Å². The van der Waals surface area contributed by atoms with E-state index in [1.165, 1.54) is 14.2 Å². The number of hydrogen-bond donors (Lipinski definition) is 0. The van der Waals surface area contributed by atoms with E-state index in [-0.39, 0.29) is 5.91 Å². The van der Waals surface area contributed by atoms with Crippen molar-refractivity contribution in [1.82, 2.24) is 5.06 Å². The van der Waals surface area contributed by atoms with Crippen LogP contribution in [0.4, 0.5) is 0 Å². The zero-order valence-corrected chi connectivity index (χ0v) is 9.55. The van der Waals surface area contributed by atoms with Gasteiger partial charge in [-0.05, 0) is 12.5 Å². The van der Waals surface area contributed by atoms with Crippen LogP contribution in [-0.4, -0.2) is 31.2 Å². The minimum Gasteiger partial charge on any atom is -0.364 e. The molecule has 87 valence electrons. The Kier molecular flexibility index (Phi) is 4.95. The molecule has 0 aromatic heterocycles. The lowest BCUT2D eigenvalue weighted by atomic mass is 10.2. The van der Waals surface area contributed by atoms with Gasteiger partial charge in [-0.25, -0.2) is 5.06 Å². The summed E-state index contributed by atoms with van der Waals surface area (Å²) in [6.45, 7) is 3.99. The first-order valence-corrected chi connectivity index (χ1v) is 4.95. The summed E-state index contributed by atoms with van der Waals surface area (Å²) in [4.78, 5) is 16.3. The fraction of sp³-hybridized carbons (Fsp3) is 0.333. The molecule has 0 aliphatic carbocycles. The van der Waals surface area contributed by atoms with Crippen LogP contribution in [0, 0.1) is 6.92 Å². The van der Waals surface area contributed by atoms with Gasteiger partial charge >= 0.3 is 0 Å². The Labute approximate surface area is 95.7 Å². The van der Waals surface area contributed by atoms with Crippen molar-refractivity contribution in [1.29, 1.82) is 0 Å². The number of carbonyl (C=O) groups excluding carboxylic acids is 1. The van der Waals surface area contributed by atoms with Crippen LogP contribution in [0.25, 0.3) is 0 Å². The van der Waals surface area contributed by atoms with Gasteiger partial charge in [0.05, 0.1) is 13.7 Å². The molecular formula is C12H16NO3. The molecule has 1 rings (SSSR count). The van der Waals surface area contributed by atoms with Crippen LogP contribution in [0.2, 0.25) is 0 Å². The van der Waals surface area contributed by atoms with Crippen molar-refractivity contribution in [3.63, 3.8) is 0 Å². The van der Waals surface area contributed by atoms with Crippen molar-refractivity contribution in [3.05, 3.63) is 42.8 Å². The number of likely N-dealkylation sites (N-methyl/N-ethyl adjacent to an activating group) is 1. The minimum atomic E-state index is -0.759. The van der Waals surface area contributed by atoms with E-state index in [1.807, 2.05) is 30.3 Å². The first kappa shape index (κ1) is 12.7. The van der Waals surface area contributed by atoms with Crippen LogP contribution < -0.4 is 0 Å². The lowest BCUT2D eigenvalue weighted by Gasteiger charge is -2.18. The second-order valence-electron chi connectivity index (χ2n) is 3.30. The summed E-state index contributed by atoms with van der Waals surface area (Å²) in [7, 11) is 2.94. The van der Waals surface area contributed by atoms with Crippen molar-refractivity contribution in [3.8, 4) is 0 Å². The molecule has 1 aromatic rings. The van der Waals surface area contributed by atoms with Crippen molar-refractivity contribution < 1.29 is 14.4 Å². The van der Waals surface area contributed by atoms with E-state index in [4.69, 9.17) is 9.57 Å². The number of hydroxylamine groups is 2. The minimum absolute atomic E-state index is 0.307. The number of rotatable bonds is 5. The molecule has 0 N–H and O–H groups in total.